The molecule has 0 amide bonds. The standard InChI is InChI=1S/C25H22O4/c26-25(27)21-12-11-20-14-23(28-16-18-7-3-1-4-8-18)24(15-22(20)13-21)29-17-19-9-5-2-6-10-19/h1-10,13-15H,11-12,16-17H2,(H,26,27). The summed E-state index contributed by atoms with van der Waals surface area (Å²) >= 11 is 0. The van der Waals surface area contributed by atoms with Crippen LogP contribution in [0.1, 0.15) is 28.7 Å². The van der Waals surface area contributed by atoms with Crippen LogP contribution in [0.5, 0.6) is 11.5 Å². The molecule has 0 aliphatic heterocycles. The maximum absolute atomic E-state index is 11.4. The van der Waals surface area contributed by atoms with Gasteiger partial charge in [-0.3, -0.25) is 0 Å². The molecule has 4 nitrogen and oxygen atoms in total. The summed E-state index contributed by atoms with van der Waals surface area (Å²) in [6.07, 6.45) is 2.93. The van der Waals surface area contributed by atoms with Gasteiger partial charge in [-0.1, -0.05) is 60.7 Å². The van der Waals surface area contributed by atoms with Gasteiger partial charge in [-0.15, -0.1) is 0 Å². The van der Waals surface area contributed by atoms with Crippen molar-refractivity contribution in [2.24, 2.45) is 0 Å². The van der Waals surface area contributed by atoms with E-state index in [4.69, 9.17) is 9.47 Å². The number of rotatable bonds is 7. The molecular weight excluding hydrogens is 364 g/mol. The third kappa shape index (κ3) is 4.66. The summed E-state index contributed by atoms with van der Waals surface area (Å²) in [6, 6.07) is 23.8. The molecule has 0 atom stereocenters. The predicted octanol–water partition coefficient (Wildman–Crippen LogP) is 5.26. The molecule has 0 radical (unpaired) electrons. The fraction of sp³-hybridized carbons (Fsp3) is 0.160. The zero-order valence-corrected chi connectivity index (χ0v) is 16.0. The lowest BCUT2D eigenvalue weighted by atomic mass is 9.92. The average Bonchev–Trinajstić information content (AvgIpc) is 2.77. The Hall–Kier alpha value is -3.53. The number of aliphatic carboxylic acids is 1. The van der Waals surface area contributed by atoms with Gasteiger partial charge in [0.15, 0.2) is 11.5 Å². The summed E-state index contributed by atoms with van der Waals surface area (Å²) in [4.78, 5) is 11.4. The van der Waals surface area contributed by atoms with Crippen LogP contribution in [0.3, 0.4) is 0 Å². The molecule has 0 saturated heterocycles. The SMILES string of the molecule is O=C(O)C1=Cc2cc(OCc3ccccc3)c(OCc3ccccc3)cc2CC1. The topological polar surface area (TPSA) is 55.8 Å². The van der Waals surface area contributed by atoms with Crippen molar-refractivity contribution in [3.63, 3.8) is 0 Å². The molecule has 0 saturated carbocycles. The summed E-state index contributed by atoms with van der Waals surface area (Å²) in [6.45, 7) is 0.856. The molecule has 1 aliphatic rings. The highest BCUT2D eigenvalue weighted by atomic mass is 16.5. The van der Waals surface area contributed by atoms with E-state index in [9.17, 15) is 9.90 Å². The molecule has 0 fully saturated rings. The second-order valence-electron chi connectivity index (χ2n) is 7.02. The Morgan fingerprint density at radius 3 is 1.90 bits per heavy atom. The monoisotopic (exact) mass is 386 g/mol. The first-order chi connectivity index (χ1) is 14.2. The van der Waals surface area contributed by atoms with Crippen molar-refractivity contribution in [1.82, 2.24) is 0 Å². The second-order valence-corrected chi connectivity index (χ2v) is 7.02. The smallest absolute Gasteiger partial charge is 0.331 e. The number of hydrogen-bond donors (Lipinski definition) is 1. The summed E-state index contributed by atoms with van der Waals surface area (Å²) in [5, 5.41) is 9.33. The molecule has 3 aromatic carbocycles. The summed E-state index contributed by atoms with van der Waals surface area (Å²) in [7, 11) is 0. The van der Waals surface area contributed by atoms with Crippen molar-refractivity contribution in [3.05, 3.63) is 101 Å². The molecule has 0 spiro atoms. The van der Waals surface area contributed by atoms with E-state index >= 15 is 0 Å². The van der Waals surface area contributed by atoms with Crippen molar-refractivity contribution < 1.29 is 19.4 Å². The van der Waals surface area contributed by atoms with E-state index in [0.717, 1.165) is 22.3 Å². The van der Waals surface area contributed by atoms with Gasteiger partial charge in [0, 0.05) is 5.57 Å². The molecule has 0 unspecified atom stereocenters. The molecule has 29 heavy (non-hydrogen) atoms. The Kier molecular flexibility index (Phi) is 5.61. The number of carboxylic acid groups (broad SMARTS) is 1. The molecule has 4 heteroatoms. The van der Waals surface area contributed by atoms with Crippen LogP contribution in [-0.4, -0.2) is 11.1 Å². The normalized spacial score (nSPS) is 12.6. The Bertz CT molecular complexity index is 1020. The molecule has 0 bridgehead atoms. The molecule has 146 valence electrons. The highest BCUT2D eigenvalue weighted by Crippen LogP contribution is 2.36. The van der Waals surface area contributed by atoms with Crippen LogP contribution in [0.4, 0.5) is 0 Å². The van der Waals surface area contributed by atoms with Crippen molar-refractivity contribution in [1.29, 1.82) is 0 Å². The zero-order valence-electron chi connectivity index (χ0n) is 16.0. The minimum absolute atomic E-state index is 0.414. The van der Waals surface area contributed by atoms with Crippen LogP contribution < -0.4 is 9.47 Å². The lowest BCUT2D eigenvalue weighted by molar-refractivity contribution is -0.132. The number of carboxylic acids is 1. The van der Waals surface area contributed by atoms with Gasteiger partial charge in [-0.25, -0.2) is 4.79 Å². The number of benzene rings is 3. The van der Waals surface area contributed by atoms with E-state index in [-0.39, 0.29) is 0 Å². The Morgan fingerprint density at radius 2 is 1.34 bits per heavy atom. The molecule has 3 aromatic rings. The van der Waals surface area contributed by atoms with Gasteiger partial charge in [0.05, 0.1) is 0 Å². The van der Waals surface area contributed by atoms with Gasteiger partial charge in [-0.2, -0.15) is 0 Å². The van der Waals surface area contributed by atoms with Gasteiger partial charge < -0.3 is 14.6 Å². The Balaban J connectivity index is 1.61. The van der Waals surface area contributed by atoms with E-state index in [1.165, 1.54) is 0 Å². The largest absolute Gasteiger partial charge is 0.485 e. The number of aryl methyl sites for hydroxylation is 1. The number of hydrogen-bond acceptors (Lipinski definition) is 3. The van der Waals surface area contributed by atoms with E-state index < -0.39 is 5.97 Å². The van der Waals surface area contributed by atoms with Crippen LogP contribution >= 0.6 is 0 Å². The molecule has 0 heterocycles. The van der Waals surface area contributed by atoms with Gasteiger partial charge >= 0.3 is 5.97 Å². The molecule has 1 N–H and O–H groups in total. The first-order valence-corrected chi connectivity index (χ1v) is 9.63. The molecule has 4 rings (SSSR count). The highest BCUT2D eigenvalue weighted by molar-refractivity contribution is 5.93. The maximum atomic E-state index is 11.4. The van der Waals surface area contributed by atoms with Gasteiger partial charge in [-0.05, 0) is 53.3 Å². The highest BCUT2D eigenvalue weighted by Gasteiger charge is 2.19. The second kappa shape index (κ2) is 8.65. The van der Waals surface area contributed by atoms with E-state index in [1.54, 1.807) is 6.08 Å². The number of ether oxygens (including phenoxy) is 2. The summed E-state index contributed by atoms with van der Waals surface area (Å²) < 4.78 is 12.2. The van der Waals surface area contributed by atoms with Gasteiger partial charge in [0.25, 0.3) is 0 Å². The van der Waals surface area contributed by atoms with Crippen LogP contribution in [0, 0.1) is 0 Å². The zero-order chi connectivity index (χ0) is 20.1. The van der Waals surface area contributed by atoms with Crippen molar-refractivity contribution in [2.45, 2.75) is 26.1 Å². The average molecular weight is 386 g/mol. The van der Waals surface area contributed by atoms with Gasteiger partial charge in [0.2, 0.25) is 0 Å². The van der Waals surface area contributed by atoms with Crippen molar-refractivity contribution in [3.8, 4) is 11.5 Å². The number of carbonyl (C=O) groups is 1. The molecule has 0 aromatic heterocycles. The van der Waals surface area contributed by atoms with Crippen molar-refractivity contribution in [2.75, 3.05) is 0 Å². The fourth-order valence-corrected chi connectivity index (χ4v) is 3.36. The first kappa shape index (κ1) is 18.8. The van der Waals surface area contributed by atoms with Crippen molar-refractivity contribution >= 4 is 12.0 Å². The van der Waals surface area contributed by atoms with Crippen LogP contribution in [0.25, 0.3) is 6.08 Å². The van der Waals surface area contributed by atoms with E-state index in [2.05, 4.69) is 0 Å². The van der Waals surface area contributed by atoms with Gasteiger partial charge in [0.1, 0.15) is 13.2 Å². The lowest BCUT2D eigenvalue weighted by Gasteiger charge is -2.19. The quantitative estimate of drug-likeness (QED) is 0.602. The van der Waals surface area contributed by atoms with E-state index in [0.29, 0.717) is 43.1 Å². The number of fused-ring (bicyclic) bond motifs is 1. The maximum Gasteiger partial charge on any atom is 0.331 e. The molecule has 1 aliphatic carbocycles. The third-order valence-corrected chi connectivity index (χ3v) is 4.95. The molecular formula is C25H22O4. The Labute approximate surface area is 170 Å². The predicted molar refractivity (Wildman–Crippen MR) is 112 cm³/mol. The fourth-order valence-electron chi connectivity index (χ4n) is 3.36. The van der Waals surface area contributed by atoms with E-state index in [1.807, 2.05) is 72.8 Å². The summed E-state index contributed by atoms with van der Waals surface area (Å²) in [5.74, 6) is 0.425. The van der Waals surface area contributed by atoms with Crippen LogP contribution in [0.15, 0.2) is 78.4 Å². The lowest BCUT2D eigenvalue weighted by Crippen LogP contribution is -2.09. The first-order valence-electron chi connectivity index (χ1n) is 9.63. The summed E-state index contributed by atoms with van der Waals surface area (Å²) in [5.41, 5.74) is 4.51. The third-order valence-electron chi connectivity index (χ3n) is 4.95. The minimum atomic E-state index is -0.869. The van der Waals surface area contributed by atoms with Crippen LogP contribution in [-0.2, 0) is 24.4 Å². The van der Waals surface area contributed by atoms with Crippen LogP contribution in [0.2, 0.25) is 0 Å². The minimum Gasteiger partial charge on any atom is -0.485 e. The Morgan fingerprint density at radius 1 is 0.793 bits per heavy atom.